The molecule has 46 heavy (non-hydrogen) atoms. The highest BCUT2D eigenvalue weighted by Gasteiger charge is 2.50. The van der Waals surface area contributed by atoms with Crippen LogP contribution in [0.1, 0.15) is 75.4 Å². The van der Waals surface area contributed by atoms with E-state index in [0.717, 1.165) is 11.6 Å². The summed E-state index contributed by atoms with van der Waals surface area (Å²) in [5.74, 6) is -3.17. The van der Waals surface area contributed by atoms with Crippen LogP contribution in [0.2, 0.25) is 0 Å². The number of rotatable bonds is 13. The van der Waals surface area contributed by atoms with Gasteiger partial charge in [-0.1, -0.05) is 26.3 Å². The highest BCUT2D eigenvalue weighted by molar-refractivity contribution is 5.96. The van der Waals surface area contributed by atoms with E-state index >= 15 is 0 Å². The Balaban J connectivity index is 1.82. The minimum atomic E-state index is -1.53. The molecule has 0 saturated carbocycles. The number of carbonyl (C=O) groups excluding carboxylic acids is 3. The summed E-state index contributed by atoms with van der Waals surface area (Å²) < 4.78 is 28.6. The van der Waals surface area contributed by atoms with Gasteiger partial charge in [-0.25, -0.2) is 4.79 Å². The Kier molecular flexibility index (Phi) is 12.2. The van der Waals surface area contributed by atoms with Crippen molar-refractivity contribution in [1.29, 1.82) is 0 Å². The minimum Gasteiger partial charge on any atom is -0.508 e. The van der Waals surface area contributed by atoms with Gasteiger partial charge >= 0.3 is 11.9 Å². The number of hydrogen-bond acceptors (Lipinski definition) is 12. The molecule has 1 aromatic carbocycles. The van der Waals surface area contributed by atoms with Crippen molar-refractivity contribution in [3.05, 3.63) is 34.9 Å². The second-order valence-corrected chi connectivity index (χ2v) is 13.1. The van der Waals surface area contributed by atoms with Crippen LogP contribution in [0.5, 0.6) is 11.5 Å². The first-order chi connectivity index (χ1) is 21.4. The summed E-state index contributed by atoms with van der Waals surface area (Å²) in [6.07, 6.45) is -6.95. The molecule has 13 heteroatoms. The van der Waals surface area contributed by atoms with E-state index in [1.165, 1.54) is 21.1 Å². The van der Waals surface area contributed by atoms with Crippen molar-refractivity contribution < 1.29 is 58.5 Å². The highest BCUT2D eigenvalue weighted by Crippen LogP contribution is 2.43. The van der Waals surface area contributed by atoms with Crippen LogP contribution in [0.15, 0.2) is 18.2 Å². The van der Waals surface area contributed by atoms with Crippen LogP contribution >= 0.6 is 0 Å². The number of ether oxygens (including phenoxy) is 5. The maximum Gasteiger partial charge on any atom is 0.342 e. The molecule has 2 aliphatic heterocycles. The van der Waals surface area contributed by atoms with Crippen LogP contribution in [0.4, 0.5) is 0 Å². The molecule has 0 aromatic heterocycles. The fourth-order valence-electron chi connectivity index (χ4n) is 6.19. The highest BCUT2D eigenvalue weighted by atomic mass is 16.6. The first-order valence-electron chi connectivity index (χ1n) is 15.4. The van der Waals surface area contributed by atoms with E-state index in [2.05, 4.69) is 11.9 Å². The van der Waals surface area contributed by atoms with Gasteiger partial charge in [-0.15, -0.1) is 6.58 Å². The second kappa shape index (κ2) is 15.1. The van der Waals surface area contributed by atoms with Crippen molar-refractivity contribution in [1.82, 2.24) is 5.32 Å². The van der Waals surface area contributed by atoms with Crippen LogP contribution in [0.3, 0.4) is 0 Å². The van der Waals surface area contributed by atoms with Gasteiger partial charge in [-0.05, 0) is 31.4 Å². The summed E-state index contributed by atoms with van der Waals surface area (Å²) in [7, 11) is 2.74. The number of benzene rings is 1. The van der Waals surface area contributed by atoms with Crippen molar-refractivity contribution in [2.75, 3.05) is 14.2 Å². The van der Waals surface area contributed by atoms with Crippen LogP contribution < -0.4 is 5.32 Å². The van der Waals surface area contributed by atoms with Crippen molar-refractivity contribution in [2.24, 2.45) is 11.3 Å². The number of esters is 2. The van der Waals surface area contributed by atoms with Crippen LogP contribution in [-0.4, -0.2) is 101 Å². The first-order valence-corrected chi connectivity index (χ1v) is 15.4. The molecule has 0 spiro atoms. The zero-order valence-corrected chi connectivity index (χ0v) is 27.9. The predicted molar refractivity (Wildman–Crippen MR) is 165 cm³/mol. The number of aliphatic hydroxyl groups excluding tert-OH is 2. The molecule has 9 atom stereocenters. The molecule has 0 aliphatic carbocycles. The van der Waals surface area contributed by atoms with Gasteiger partial charge in [0.25, 0.3) is 5.91 Å². The van der Waals surface area contributed by atoms with E-state index in [-0.39, 0.29) is 42.7 Å². The molecule has 1 saturated heterocycles. The van der Waals surface area contributed by atoms with Gasteiger partial charge in [0, 0.05) is 57.8 Å². The third-order valence-corrected chi connectivity index (χ3v) is 9.29. The van der Waals surface area contributed by atoms with Gasteiger partial charge < -0.3 is 49.4 Å². The zero-order valence-electron chi connectivity index (χ0n) is 27.9. The molecule has 5 N–H and O–H groups in total. The second-order valence-electron chi connectivity index (χ2n) is 13.1. The standard InChI is InChI=1S/C33H49NO12/c1-15(2)10-24(42-8)29(39)30(40)34-31(43-9)25-14-27(44-18(5)35)33(6,7)26(45-25)13-21(37)17(4)23-11-19-16(3)20(36)12-22(38)28(19)32(41)46-23/h12,17,21,23-27,29,31,36-39H,1,10-11,13-14H2,2-9H3,(H,34,40). The van der Waals surface area contributed by atoms with Crippen molar-refractivity contribution in [3.8, 4) is 11.5 Å². The van der Waals surface area contributed by atoms with Gasteiger partial charge in [0.05, 0.1) is 18.3 Å². The smallest absolute Gasteiger partial charge is 0.342 e. The van der Waals surface area contributed by atoms with Gasteiger partial charge in [0.15, 0.2) is 12.3 Å². The average Bonchev–Trinajstić information content (AvgIpc) is 2.97. The molecule has 3 rings (SSSR count). The van der Waals surface area contributed by atoms with Crippen molar-refractivity contribution in [2.45, 2.75) is 116 Å². The van der Waals surface area contributed by atoms with Crippen LogP contribution in [-0.2, 0) is 39.7 Å². The van der Waals surface area contributed by atoms with Crippen molar-refractivity contribution in [3.63, 3.8) is 0 Å². The Morgan fingerprint density at radius 2 is 1.78 bits per heavy atom. The van der Waals surface area contributed by atoms with Crippen LogP contribution in [0, 0.1) is 18.3 Å². The average molecular weight is 652 g/mol. The van der Waals surface area contributed by atoms with Crippen LogP contribution in [0.25, 0.3) is 0 Å². The monoisotopic (exact) mass is 651 g/mol. The number of cyclic esters (lactones) is 1. The molecular formula is C33H49NO12. The molecule has 1 amide bonds. The maximum atomic E-state index is 13.0. The molecule has 1 aromatic rings. The number of phenolic OH excluding ortho intramolecular Hbond substituents is 2. The predicted octanol–water partition coefficient (Wildman–Crippen LogP) is 2.42. The van der Waals surface area contributed by atoms with E-state index in [9.17, 15) is 34.8 Å². The summed E-state index contributed by atoms with van der Waals surface area (Å²) in [6, 6.07) is 1.10. The molecule has 258 valence electrons. The Bertz CT molecular complexity index is 1300. The summed E-state index contributed by atoms with van der Waals surface area (Å²) in [6.45, 7) is 13.9. The third kappa shape index (κ3) is 8.18. The number of nitrogens with one attached hydrogen (secondary N) is 1. The Morgan fingerprint density at radius 3 is 2.35 bits per heavy atom. The quantitative estimate of drug-likeness (QED) is 0.119. The molecule has 0 radical (unpaired) electrons. The number of methoxy groups -OCH3 is 2. The molecule has 9 unspecified atom stereocenters. The summed E-state index contributed by atoms with van der Waals surface area (Å²) in [5, 5.41) is 45.3. The van der Waals surface area contributed by atoms with Gasteiger partial charge in [-0.2, -0.15) is 0 Å². The maximum absolute atomic E-state index is 13.0. The van der Waals surface area contributed by atoms with E-state index in [1.807, 2.05) is 13.8 Å². The summed E-state index contributed by atoms with van der Waals surface area (Å²) in [5.41, 5.74) is 0.790. The minimum absolute atomic E-state index is 0.00808. The van der Waals surface area contributed by atoms with E-state index in [1.54, 1.807) is 20.8 Å². The lowest BCUT2D eigenvalue weighted by Gasteiger charge is -2.49. The van der Waals surface area contributed by atoms with Gasteiger partial charge in [-0.3, -0.25) is 9.59 Å². The Hall–Kier alpha value is -3.23. The molecule has 2 heterocycles. The molecular weight excluding hydrogens is 602 g/mol. The molecule has 0 bridgehead atoms. The number of fused-ring (bicyclic) bond motifs is 1. The van der Waals surface area contributed by atoms with E-state index in [0.29, 0.717) is 11.1 Å². The largest absolute Gasteiger partial charge is 0.508 e. The normalized spacial score (nSPS) is 25.7. The zero-order chi connectivity index (χ0) is 34.7. The molecule has 1 fully saturated rings. The Morgan fingerprint density at radius 1 is 1.13 bits per heavy atom. The number of aromatic hydroxyl groups is 2. The SMILES string of the molecule is C=C(C)CC(OC)C(O)C(=O)NC(OC)C1CC(OC(C)=O)C(C)(C)C(CC(O)C(C)C2Cc3c(C)c(O)cc(O)c3C(=O)O2)O1. The summed E-state index contributed by atoms with van der Waals surface area (Å²) >= 11 is 0. The third-order valence-electron chi connectivity index (χ3n) is 9.29. The fraction of sp³-hybridized carbons (Fsp3) is 0.667. The number of amides is 1. The molecule has 2 aliphatic rings. The Labute approximate surface area is 269 Å². The van der Waals surface area contributed by atoms with Crippen molar-refractivity contribution >= 4 is 17.8 Å². The van der Waals surface area contributed by atoms with Gasteiger partial charge in [0.1, 0.15) is 35.4 Å². The fourth-order valence-corrected chi connectivity index (χ4v) is 6.19. The molecule has 13 nitrogen and oxygen atoms in total. The number of phenols is 2. The first kappa shape index (κ1) is 37.2. The number of aliphatic hydroxyl groups is 2. The lowest BCUT2D eigenvalue weighted by molar-refractivity contribution is -0.225. The van der Waals surface area contributed by atoms with E-state index in [4.69, 9.17) is 23.7 Å². The number of hydrogen-bond donors (Lipinski definition) is 5. The lowest BCUT2D eigenvalue weighted by atomic mass is 9.72. The lowest BCUT2D eigenvalue weighted by Crippen LogP contribution is -2.60. The van der Waals surface area contributed by atoms with E-state index < -0.39 is 78.1 Å². The topological polar surface area (TPSA) is 190 Å². The number of carbonyl (C=O) groups is 3. The summed E-state index contributed by atoms with van der Waals surface area (Å²) in [4.78, 5) is 38.0. The van der Waals surface area contributed by atoms with Gasteiger partial charge in [0.2, 0.25) is 0 Å².